The number of hydrogen-bond donors (Lipinski definition) is 2. The van der Waals surface area contributed by atoms with Gasteiger partial charge in [-0.1, -0.05) is 0 Å². The fourth-order valence-electron chi connectivity index (χ4n) is 1.18. The maximum Gasteiger partial charge on any atom is 0.350 e. The highest BCUT2D eigenvalue weighted by molar-refractivity contribution is 7.13. The first-order valence-corrected chi connectivity index (χ1v) is 6.42. The topological polar surface area (TPSA) is 79.7 Å². The third-order valence-corrected chi connectivity index (χ3v) is 3.57. The van der Waals surface area contributed by atoms with Crippen LogP contribution in [0.15, 0.2) is 0 Å². The highest BCUT2D eigenvalue weighted by Crippen LogP contribution is 2.26. The van der Waals surface area contributed by atoms with Crippen LogP contribution in [-0.4, -0.2) is 39.8 Å². The molecule has 1 aromatic rings. The van der Waals surface area contributed by atoms with Crippen molar-refractivity contribution in [1.29, 1.82) is 0 Å². The van der Waals surface area contributed by atoms with E-state index in [1.54, 1.807) is 13.8 Å². The number of rotatable bonds is 5. The number of aryl methyl sites for hydroxylation is 1. The molecule has 0 aliphatic carbocycles. The van der Waals surface area contributed by atoms with Gasteiger partial charge in [0.1, 0.15) is 16.0 Å². The van der Waals surface area contributed by atoms with Gasteiger partial charge in [0.25, 0.3) is 0 Å². The normalized spacial score (nSPS) is 14.4. The molecule has 2 N–H and O–H groups in total. The number of aliphatic hydroxyl groups is 2. The Morgan fingerprint density at radius 3 is 2.76 bits per heavy atom. The Kier molecular flexibility index (Phi) is 5.32. The predicted molar refractivity (Wildman–Crippen MR) is 64.5 cm³/mol. The summed E-state index contributed by atoms with van der Waals surface area (Å²) in [5, 5.41) is 19.4. The third-order valence-electron chi connectivity index (χ3n) is 2.05. The molecule has 1 heterocycles. The minimum atomic E-state index is -1.18. The molecular formula is C10H14ClNO4S. The highest BCUT2D eigenvalue weighted by atomic mass is 35.5. The Bertz CT molecular complexity index is 396. The number of thiazole rings is 1. The molecule has 0 radical (unpaired) electrons. The maximum absolute atomic E-state index is 11.5. The first kappa shape index (κ1) is 14.4. The maximum atomic E-state index is 11.5. The standard InChI is InChI=1S/C10H14ClNO4S/c1-3-16-10(15)8-5(2)12-9(17-8)7(14)6(13)4-11/h6-7,13-14H,3-4H2,1-2H3. The van der Waals surface area contributed by atoms with Gasteiger partial charge in [0.2, 0.25) is 0 Å². The summed E-state index contributed by atoms with van der Waals surface area (Å²) in [5.41, 5.74) is 0.476. The number of alkyl halides is 1. The molecule has 0 saturated carbocycles. The van der Waals surface area contributed by atoms with Crippen molar-refractivity contribution in [2.45, 2.75) is 26.1 Å². The summed E-state index contributed by atoms with van der Waals surface area (Å²) >= 11 is 6.44. The van der Waals surface area contributed by atoms with E-state index in [0.717, 1.165) is 11.3 Å². The second-order valence-corrected chi connectivity index (χ2v) is 4.69. The van der Waals surface area contributed by atoms with Crippen LogP contribution in [0.25, 0.3) is 0 Å². The van der Waals surface area contributed by atoms with E-state index < -0.39 is 18.2 Å². The molecule has 1 aromatic heterocycles. The van der Waals surface area contributed by atoms with E-state index >= 15 is 0 Å². The van der Waals surface area contributed by atoms with Crippen LogP contribution in [0.4, 0.5) is 0 Å². The van der Waals surface area contributed by atoms with E-state index in [-0.39, 0.29) is 17.5 Å². The number of halogens is 1. The summed E-state index contributed by atoms with van der Waals surface area (Å²) in [6, 6.07) is 0. The molecule has 0 amide bonds. The molecule has 0 aliphatic heterocycles. The third kappa shape index (κ3) is 3.38. The lowest BCUT2D eigenvalue weighted by atomic mass is 10.2. The van der Waals surface area contributed by atoms with Crippen molar-refractivity contribution in [3.05, 3.63) is 15.6 Å². The number of carbonyl (C=O) groups is 1. The lowest BCUT2D eigenvalue weighted by Gasteiger charge is -2.11. The summed E-state index contributed by atoms with van der Waals surface area (Å²) in [6.07, 6.45) is -2.28. The minimum absolute atomic E-state index is 0.103. The Morgan fingerprint density at radius 2 is 2.24 bits per heavy atom. The zero-order chi connectivity index (χ0) is 13.0. The first-order valence-electron chi connectivity index (χ1n) is 5.07. The fourth-order valence-corrected chi connectivity index (χ4v) is 2.35. The molecule has 0 saturated heterocycles. The SMILES string of the molecule is CCOC(=O)c1sc(C(O)C(O)CCl)nc1C. The van der Waals surface area contributed by atoms with E-state index in [0.29, 0.717) is 10.6 Å². The zero-order valence-corrected chi connectivity index (χ0v) is 11.1. The van der Waals surface area contributed by atoms with Gasteiger partial charge in [-0.2, -0.15) is 0 Å². The molecule has 0 aromatic carbocycles. The van der Waals surface area contributed by atoms with Crippen LogP contribution in [0, 0.1) is 6.92 Å². The van der Waals surface area contributed by atoms with Gasteiger partial charge in [-0.15, -0.1) is 22.9 Å². The molecule has 7 heteroatoms. The average Bonchev–Trinajstić information content (AvgIpc) is 2.69. The van der Waals surface area contributed by atoms with Crippen molar-refractivity contribution in [2.75, 3.05) is 12.5 Å². The number of hydrogen-bond acceptors (Lipinski definition) is 6. The Balaban J connectivity index is 2.91. The van der Waals surface area contributed by atoms with Crippen LogP contribution in [0.1, 0.15) is 33.4 Å². The molecule has 96 valence electrons. The minimum Gasteiger partial charge on any atom is -0.462 e. The van der Waals surface area contributed by atoms with Gasteiger partial charge in [0, 0.05) is 0 Å². The van der Waals surface area contributed by atoms with Gasteiger partial charge in [-0.3, -0.25) is 0 Å². The zero-order valence-electron chi connectivity index (χ0n) is 9.51. The second-order valence-electron chi connectivity index (χ2n) is 3.35. The molecule has 0 spiro atoms. The second kappa shape index (κ2) is 6.30. The fraction of sp³-hybridized carbons (Fsp3) is 0.600. The quantitative estimate of drug-likeness (QED) is 0.627. The molecule has 17 heavy (non-hydrogen) atoms. The van der Waals surface area contributed by atoms with Gasteiger partial charge in [-0.25, -0.2) is 9.78 Å². The number of aromatic nitrogens is 1. The average molecular weight is 280 g/mol. The van der Waals surface area contributed by atoms with Crippen molar-refractivity contribution in [2.24, 2.45) is 0 Å². The largest absolute Gasteiger partial charge is 0.462 e. The molecule has 2 unspecified atom stereocenters. The van der Waals surface area contributed by atoms with Crippen molar-refractivity contribution in [3.8, 4) is 0 Å². The molecule has 0 bridgehead atoms. The first-order chi connectivity index (χ1) is 8.01. The van der Waals surface area contributed by atoms with Gasteiger partial charge < -0.3 is 14.9 Å². The van der Waals surface area contributed by atoms with Crippen LogP contribution in [0.3, 0.4) is 0 Å². The number of esters is 1. The lowest BCUT2D eigenvalue weighted by molar-refractivity contribution is 0.0325. The lowest BCUT2D eigenvalue weighted by Crippen LogP contribution is -2.19. The van der Waals surface area contributed by atoms with Crippen molar-refractivity contribution >= 4 is 28.9 Å². The van der Waals surface area contributed by atoms with Gasteiger partial charge in [0.15, 0.2) is 0 Å². The Morgan fingerprint density at radius 1 is 1.59 bits per heavy atom. The summed E-state index contributed by atoms with van der Waals surface area (Å²) in [6.45, 7) is 3.63. The van der Waals surface area contributed by atoms with Gasteiger partial charge in [-0.05, 0) is 13.8 Å². The number of nitrogens with zero attached hydrogens (tertiary/aromatic N) is 1. The van der Waals surface area contributed by atoms with E-state index in [2.05, 4.69) is 4.98 Å². The Hall–Kier alpha value is -0.690. The van der Waals surface area contributed by atoms with Crippen molar-refractivity contribution in [3.63, 3.8) is 0 Å². The number of ether oxygens (including phenoxy) is 1. The molecule has 2 atom stereocenters. The monoisotopic (exact) mass is 279 g/mol. The van der Waals surface area contributed by atoms with Gasteiger partial charge >= 0.3 is 5.97 Å². The molecular weight excluding hydrogens is 266 g/mol. The highest BCUT2D eigenvalue weighted by Gasteiger charge is 2.24. The summed E-state index contributed by atoms with van der Waals surface area (Å²) < 4.78 is 4.85. The van der Waals surface area contributed by atoms with Crippen LogP contribution < -0.4 is 0 Å². The van der Waals surface area contributed by atoms with E-state index in [1.165, 1.54) is 0 Å². The summed E-state index contributed by atoms with van der Waals surface area (Å²) in [7, 11) is 0. The van der Waals surface area contributed by atoms with E-state index in [1.807, 2.05) is 0 Å². The van der Waals surface area contributed by atoms with E-state index in [4.69, 9.17) is 16.3 Å². The predicted octanol–water partition coefficient (Wildman–Crippen LogP) is 1.26. The number of aliphatic hydroxyl groups excluding tert-OH is 2. The molecule has 0 fully saturated rings. The summed E-state index contributed by atoms with van der Waals surface area (Å²) in [4.78, 5) is 15.9. The van der Waals surface area contributed by atoms with Crippen LogP contribution in [0.2, 0.25) is 0 Å². The van der Waals surface area contributed by atoms with Crippen LogP contribution in [0.5, 0.6) is 0 Å². The number of carbonyl (C=O) groups excluding carboxylic acids is 1. The molecule has 0 aliphatic rings. The molecule has 1 rings (SSSR count). The van der Waals surface area contributed by atoms with Crippen molar-refractivity contribution in [1.82, 2.24) is 4.98 Å². The summed E-state index contributed by atoms with van der Waals surface area (Å²) in [5.74, 6) is -0.574. The molecule has 5 nitrogen and oxygen atoms in total. The van der Waals surface area contributed by atoms with Crippen LogP contribution in [-0.2, 0) is 4.74 Å². The Labute approximate surface area is 108 Å². The van der Waals surface area contributed by atoms with Crippen molar-refractivity contribution < 1.29 is 19.7 Å². The smallest absolute Gasteiger partial charge is 0.350 e. The van der Waals surface area contributed by atoms with E-state index in [9.17, 15) is 15.0 Å². The van der Waals surface area contributed by atoms with Gasteiger partial charge in [0.05, 0.1) is 24.3 Å². The van der Waals surface area contributed by atoms with Crippen LogP contribution >= 0.6 is 22.9 Å².